The molecule has 0 aliphatic rings. The van der Waals surface area contributed by atoms with Gasteiger partial charge in [0, 0.05) is 0 Å². The monoisotopic (exact) mass is 136 g/mol. The molecule has 0 aliphatic heterocycles. The van der Waals surface area contributed by atoms with Gasteiger partial charge in [-0.15, -0.1) is 0 Å². The summed E-state index contributed by atoms with van der Waals surface area (Å²) >= 11 is 0. The number of alkyl halides is 2. The van der Waals surface area contributed by atoms with Crippen molar-refractivity contribution in [2.75, 3.05) is 6.67 Å². The molecule has 2 heteroatoms. The van der Waals surface area contributed by atoms with Gasteiger partial charge in [0.05, 0.1) is 0 Å². The second-order valence-corrected chi connectivity index (χ2v) is 2.25. The highest BCUT2D eigenvalue weighted by atomic mass is 19.2. The molecule has 0 heterocycles. The van der Waals surface area contributed by atoms with E-state index < -0.39 is 12.8 Å². The van der Waals surface area contributed by atoms with Crippen molar-refractivity contribution in [2.24, 2.45) is 0 Å². The quantitative estimate of drug-likeness (QED) is 0.510. The van der Waals surface area contributed by atoms with E-state index in [0.717, 1.165) is 19.3 Å². The van der Waals surface area contributed by atoms with E-state index in [9.17, 15) is 8.78 Å². The smallest absolute Gasteiger partial charge is 0.128 e. The lowest BCUT2D eigenvalue weighted by Crippen LogP contribution is -2.01. The third kappa shape index (κ3) is 5.74. The Labute approximate surface area is 55.3 Å². The van der Waals surface area contributed by atoms with E-state index >= 15 is 0 Å². The molecule has 0 saturated heterocycles. The van der Waals surface area contributed by atoms with E-state index in [1.165, 1.54) is 0 Å². The minimum atomic E-state index is -1.21. The molecular formula is C7H14F2. The molecule has 0 N–H and O–H groups in total. The summed E-state index contributed by atoms with van der Waals surface area (Å²) in [6.07, 6.45) is 2.09. The van der Waals surface area contributed by atoms with Gasteiger partial charge in [0.2, 0.25) is 0 Å². The Morgan fingerprint density at radius 3 is 2.44 bits per heavy atom. The Hall–Kier alpha value is -0.140. The first-order valence-corrected chi connectivity index (χ1v) is 3.51. The number of unbranched alkanes of at least 4 members (excludes halogenated alkanes) is 2. The second-order valence-electron chi connectivity index (χ2n) is 2.25. The zero-order chi connectivity index (χ0) is 7.11. The topological polar surface area (TPSA) is 0 Å². The third-order valence-electron chi connectivity index (χ3n) is 1.29. The zero-order valence-corrected chi connectivity index (χ0v) is 5.87. The largest absolute Gasteiger partial charge is 0.248 e. The van der Waals surface area contributed by atoms with Gasteiger partial charge in [0.15, 0.2) is 0 Å². The van der Waals surface area contributed by atoms with Crippen LogP contribution in [-0.2, 0) is 0 Å². The van der Waals surface area contributed by atoms with Crippen LogP contribution in [0.1, 0.15) is 32.6 Å². The van der Waals surface area contributed by atoms with Crippen LogP contribution in [0.25, 0.3) is 0 Å². The molecule has 1 atom stereocenters. The maximum absolute atomic E-state index is 12.1. The van der Waals surface area contributed by atoms with Crippen molar-refractivity contribution in [3.05, 3.63) is 0 Å². The number of rotatable bonds is 5. The SMILES string of the molecule is CCCCCC(F)CF. The van der Waals surface area contributed by atoms with Crippen molar-refractivity contribution in [2.45, 2.75) is 38.8 Å². The van der Waals surface area contributed by atoms with E-state index in [-0.39, 0.29) is 0 Å². The van der Waals surface area contributed by atoms with Crippen molar-refractivity contribution >= 4 is 0 Å². The maximum Gasteiger partial charge on any atom is 0.128 e. The van der Waals surface area contributed by atoms with Crippen LogP contribution in [0.5, 0.6) is 0 Å². The highest BCUT2D eigenvalue weighted by Gasteiger charge is 2.02. The molecule has 9 heavy (non-hydrogen) atoms. The Morgan fingerprint density at radius 1 is 1.33 bits per heavy atom. The summed E-state index contributed by atoms with van der Waals surface area (Å²) in [6, 6.07) is 0. The highest BCUT2D eigenvalue weighted by molar-refractivity contribution is 4.52. The van der Waals surface area contributed by atoms with Crippen molar-refractivity contribution in [3.63, 3.8) is 0 Å². The maximum atomic E-state index is 12.1. The van der Waals surface area contributed by atoms with Gasteiger partial charge >= 0.3 is 0 Å². The lowest BCUT2D eigenvalue weighted by molar-refractivity contribution is 0.242. The minimum absolute atomic E-state index is 0.393. The summed E-state index contributed by atoms with van der Waals surface area (Å²) < 4.78 is 23.5. The molecule has 0 rings (SSSR count). The Morgan fingerprint density at radius 2 is 2.00 bits per heavy atom. The first-order valence-electron chi connectivity index (χ1n) is 3.51. The first-order chi connectivity index (χ1) is 4.31. The molecule has 0 aromatic carbocycles. The van der Waals surface area contributed by atoms with Gasteiger partial charge in [-0.05, 0) is 6.42 Å². The molecule has 0 fully saturated rings. The van der Waals surface area contributed by atoms with Gasteiger partial charge in [-0.25, -0.2) is 8.78 Å². The van der Waals surface area contributed by atoms with Crippen molar-refractivity contribution in [1.82, 2.24) is 0 Å². The molecule has 0 saturated carbocycles. The molecule has 1 unspecified atom stereocenters. The van der Waals surface area contributed by atoms with Crippen LogP contribution in [-0.4, -0.2) is 12.8 Å². The normalized spacial score (nSPS) is 13.7. The van der Waals surface area contributed by atoms with Crippen LogP contribution in [0.15, 0.2) is 0 Å². The van der Waals surface area contributed by atoms with Crippen molar-refractivity contribution in [1.29, 1.82) is 0 Å². The fraction of sp³-hybridized carbons (Fsp3) is 1.00. The fourth-order valence-electron chi connectivity index (χ4n) is 0.693. The fourth-order valence-corrected chi connectivity index (χ4v) is 0.693. The zero-order valence-electron chi connectivity index (χ0n) is 5.87. The van der Waals surface area contributed by atoms with Crippen molar-refractivity contribution in [3.8, 4) is 0 Å². The summed E-state index contributed by atoms with van der Waals surface area (Å²) in [7, 11) is 0. The number of hydrogen-bond donors (Lipinski definition) is 0. The van der Waals surface area contributed by atoms with Gasteiger partial charge in [-0.1, -0.05) is 26.2 Å². The van der Waals surface area contributed by atoms with Crippen LogP contribution < -0.4 is 0 Å². The van der Waals surface area contributed by atoms with Crippen LogP contribution in [0.4, 0.5) is 8.78 Å². The van der Waals surface area contributed by atoms with E-state index in [2.05, 4.69) is 0 Å². The second kappa shape index (κ2) is 5.99. The highest BCUT2D eigenvalue weighted by Crippen LogP contribution is 2.06. The third-order valence-corrected chi connectivity index (χ3v) is 1.29. The molecule has 0 spiro atoms. The molecule has 0 bridgehead atoms. The summed E-state index contributed by atoms with van der Waals surface area (Å²) in [5.41, 5.74) is 0. The predicted octanol–water partition coefficient (Wildman–Crippen LogP) is 2.87. The van der Waals surface area contributed by atoms with Gasteiger partial charge in [0.1, 0.15) is 12.8 Å². The molecule has 56 valence electrons. The Bertz CT molecular complexity index is 54.9. The lowest BCUT2D eigenvalue weighted by atomic mass is 10.1. The van der Waals surface area contributed by atoms with Gasteiger partial charge < -0.3 is 0 Å². The summed E-state index contributed by atoms with van der Waals surface area (Å²) in [5.74, 6) is 0. The van der Waals surface area contributed by atoms with E-state index in [1.807, 2.05) is 6.92 Å². The predicted molar refractivity (Wildman–Crippen MR) is 35.0 cm³/mol. The van der Waals surface area contributed by atoms with E-state index in [4.69, 9.17) is 0 Å². The Kier molecular flexibility index (Phi) is 5.89. The summed E-state index contributed by atoms with van der Waals surface area (Å²) in [5, 5.41) is 0. The molecule has 0 aliphatic carbocycles. The number of hydrogen-bond acceptors (Lipinski definition) is 0. The first kappa shape index (κ1) is 8.86. The molecule has 0 aromatic heterocycles. The average molecular weight is 136 g/mol. The molecule has 0 aromatic rings. The van der Waals surface area contributed by atoms with Crippen LogP contribution in [0, 0.1) is 0 Å². The van der Waals surface area contributed by atoms with Gasteiger partial charge in [-0.2, -0.15) is 0 Å². The van der Waals surface area contributed by atoms with Crippen LogP contribution in [0.3, 0.4) is 0 Å². The van der Waals surface area contributed by atoms with Crippen LogP contribution >= 0.6 is 0 Å². The van der Waals surface area contributed by atoms with E-state index in [1.54, 1.807) is 0 Å². The van der Waals surface area contributed by atoms with Crippen LogP contribution in [0.2, 0.25) is 0 Å². The molecule has 0 amide bonds. The Balaban J connectivity index is 2.88. The molecular weight excluding hydrogens is 122 g/mol. The van der Waals surface area contributed by atoms with Gasteiger partial charge in [0.25, 0.3) is 0 Å². The van der Waals surface area contributed by atoms with E-state index in [0.29, 0.717) is 6.42 Å². The minimum Gasteiger partial charge on any atom is -0.248 e. The standard InChI is InChI=1S/C7H14F2/c1-2-3-4-5-7(9)6-8/h7H,2-6H2,1H3. The molecule has 0 radical (unpaired) electrons. The summed E-state index contributed by atoms with van der Waals surface area (Å²) in [6.45, 7) is 1.23. The van der Waals surface area contributed by atoms with Crippen molar-refractivity contribution < 1.29 is 8.78 Å². The lowest BCUT2D eigenvalue weighted by Gasteiger charge is -2.00. The average Bonchev–Trinajstić information content (AvgIpc) is 1.89. The number of halogens is 2. The van der Waals surface area contributed by atoms with Gasteiger partial charge in [-0.3, -0.25) is 0 Å². The summed E-state index contributed by atoms with van der Waals surface area (Å²) in [4.78, 5) is 0. The molecule has 0 nitrogen and oxygen atoms in total.